The van der Waals surface area contributed by atoms with Gasteiger partial charge in [-0.25, -0.2) is 0 Å². The van der Waals surface area contributed by atoms with Crippen molar-refractivity contribution < 1.29 is 23.6 Å². The number of benzene rings is 2. The molecule has 1 aromatic heterocycles. The van der Waals surface area contributed by atoms with Gasteiger partial charge in [-0.2, -0.15) is 4.98 Å². The van der Waals surface area contributed by atoms with Crippen LogP contribution in [0.4, 0.5) is 5.69 Å². The van der Waals surface area contributed by atoms with Crippen LogP contribution in [-0.4, -0.2) is 34.3 Å². The molecule has 0 aliphatic carbocycles. The number of hydrogen-bond acceptors (Lipinski definition) is 7. The van der Waals surface area contributed by atoms with Gasteiger partial charge in [-0.3, -0.25) is 19.3 Å². The van der Waals surface area contributed by atoms with E-state index in [1.807, 2.05) is 31.2 Å². The first-order valence-electron chi connectivity index (χ1n) is 8.54. The van der Waals surface area contributed by atoms with Crippen molar-refractivity contribution in [3.8, 4) is 11.4 Å². The molecule has 1 amide bonds. The van der Waals surface area contributed by atoms with Gasteiger partial charge in [-0.05, 0) is 24.6 Å². The number of ether oxygens (including phenoxy) is 1. The highest BCUT2D eigenvalue weighted by Crippen LogP contribution is 2.28. The SMILES string of the molecule is Cc1ccccc1-c1noc(COC(=O)CN2C(=O)C(=O)c3ccccc32)n1. The minimum absolute atomic E-state index is 0.135. The fraction of sp³-hybridized carbons (Fsp3) is 0.150. The highest BCUT2D eigenvalue weighted by atomic mass is 16.6. The molecule has 1 aliphatic heterocycles. The number of esters is 1. The van der Waals surface area contributed by atoms with Crippen LogP contribution >= 0.6 is 0 Å². The van der Waals surface area contributed by atoms with Crippen molar-refractivity contribution in [3.63, 3.8) is 0 Å². The summed E-state index contributed by atoms with van der Waals surface area (Å²) in [4.78, 5) is 41.5. The molecule has 0 fully saturated rings. The van der Waals surface area contributed by atoms with E-state index in [4.69, 9.17) is 9.26 Å². The Morgan fingerprint density at radius 3 is 2.57 bits per heavy atom. The standard InChI is InChI=1S/C20H15N3O5/c1-12-6-2-3-7-13(12)19-21-16(28-22-19)11-27-17(24)10-23-15-9-5-4-8-14(15)18(25)20(23)26/h2-9H,10-11H2,1H3. The Morgan fingerprint density at radius 1 is 1.07 bits per heavy atom. The summed E-state index contributed by atoms with van der Waals surface area (Å²) in [5, 5.41) is 3.89. The summed E-state index contributed by atoms with van der Waals surface area (Å²) in [5.41, 5.74) is 2.48. The van der Waals surface area contributed by atoms with Gasteiger partial charge < -0.3 is 9.26 Å². The lowest BCUT2D eigenvalue weighted by Gasteiger charge is -2.14. The maximum Gasteiger partial charge on any atom is 0.326 e. The zero-order chi connectivity index (χ0) is 19.7. The number of Topliss-reactive ketones (excluding diaryl/α,β-unsaturated/α-hetero) is 1. The molecule has 0 saturated carbocycles. The molecular weight excluding hydrogens is 362 g/mol. The minimum atomic E-state index is -0.752. The molecule has 0 radical (unpaired) electrons. The number of rotatable bonds is 5. The van der Waals surface area contributed by atoms with Gasteiger partial charge in [0.2, 0.25) is 5.82 Å². The van der Waals surface area contributed by atoms with Crippen LogP contribution in [0.1, 0.15) is 21.8 Å². The average molecular weight is 377 g/mol. The molecule has 1 aliphatic rings. The Kier molecular flexibility index (Phi) is 4.44. The van der Waals surface area contributed by atoms with E-state index in [-0.39, 0.29) is 24.6 Å². The zero-order valence-electron chi connectivity index (χ0n) is 14.9. The molecule has 8 nitrogen and oxygen atoms in total. The summed E-state index contributed by atoms with van der Waals surface area (Å²) >= 11 is 0. The van der Waals surface area contributed by atoms with E-state index in [0.717, 1.165) is 16.0 Å². The van der Waals surface area contributed by atoms with E-state index in [0.29, 0.717) is 11.5 Å². The number of ketones is 1. The lowest BCUT2D eigenvalue weighted by molar-refractivity contribution is -0.144. The normalized spacial score (nSPS) is 13.0. The maximum absolute atomic E-state index is 12.1. The van der Waals surface area contributed by atoms with Crippen LogP contribution in [0.15, 0.2) is 53.1 Å². The second-order valence-corrected chi connectivity index (χ2v) is 6.22. The molecular formula is C20H15N3O5. The van der Waals surface area contributed by atoms with E-state index < -0.39 is 17.7 Å². The molecule has 4 rings (SSSR count). The molecule has 0 bridgehead atoms. The number of aromatic nitrogens is 2. The Bertz CT molecular complexity index is 1090. The van der Waals surface area contributed by atoms with Gasteiger partial charge in [0.1, 0.15) is 6.54 Å². The molecule has 3 aromatic rings. The van der Waals surface area contributed by atoms with Crippen LogP contribution in [0.2, 0.25) is 0 Å². The number of carbonyl (C=O) groups excluding carboxylic acids is 3. The smallest absolute Gasteiger partial charge is 0.326 e. The predicted molar refractivity (Wildman–Crippen MR) is 97.4 cm³/mol. The predicted octanol–water partition coefficient (Wildman–Crippen LogP) is 2.32. The first-order chi connectivity index (χ1) is 13.5. The summed E-state index contributed by atoms with van der Waals surface area (Å²) in [6.07, 6.45) is 0. The number of fused-ring (bicyclic) bond motifs is 1. The second kappa shape index (κ2) is 7.07. The first kappa shape index (κ1) is 17.6. The summed E-state index contributed by atoms with van der Waals surface area (Å²) in [7, 11) is 0. The van der Waals surface area contributed by atoms with Gasteiger partial charge in [-0.1, -0.05) is 41.6 Å². The Balaban J connectivity index is 1.40. The van der Waals surface area contributed by atoms with Crippen molar-refractivity contribution >= 4 is 23.3 Å². The third kappa shape index (κ3) is 3.16. The van der Waals surface area contributed by atoms with Gasteiger partial charge in [0.15, 0.2) is 6.61 Å². The molecule has 0 N–H and O–H groups in total. The summed E-state index contributed by atoms with van der Waals surface area (Å²) in [6.45, 7) is 1.33. The van der Waals surface area contributed by atoms with E-state index in [1.165, 1.54) is 0 Å². The molecule has 8 heteroatoms. The first-order valence-corrected chi connectivity index (χ1v) is 8.54. The average Bonchev–Trinajstić information content (AvgIpc) is 3.26. The molecule has 0 unspecified atom stereocenters. The van der Waals surface area contributed by atoms with E-state index >= 15 is 0 Å². The fourth-order valence-electron chi connectivity index (χ4n) is 2.97. The van der Waals surface area contributed by atoms with Crippen LogP contribution in [0.3, 0.4) is 0 Å². The van der Waals surface area contributed by atoms with Crippen LogP contribution in [-0.2, 0) is 20.9 Å². The minimum Gasteiger partial charge on any atom is -0.454 e. The largest absolute Gasteiger partial charge is 0.454 e. The Labute approximate surface area is 159 Å². The highest BCUT2D eigenvalue weighted by Gasteiger charge is 2.36. The van der Waals surface area contributed by atoms with Crippen LogP contribution in [0.25, 0.3) is 11.4 Å². The van der Waals surface area contributed by atoms with Crippen molar-refractivity contribution in [1.29, 1.82) is 0 Å². The molecule has 0 atom stereocenters. The summed E-state index contributed by atoms with van der Waals surface area (Å²) < 4.78 is 10.2. The van der Waals surface area contributed by atoms with E-state index in [2.05, 4.69) is 10.1 Å². The number of carbonyl (C=O) groups is 3. The molecule has 0 spiro atoms. The van der Waals surface area contributed by atoms with Crippen molar-refractivity contribution in [2.24, 2.45) is 0 Å². The molecule has 2 aromatic carbocycles. The zero-order valence-corrected chi connectivity index (χ0v) is 14.9. The Morgan fingerprint density at radius 2 is 1.79 bits per heavy atom. The number of amides is 1. The van der Waals surface area contributed by atoms with Crippen LogP contribution in [0.5, 0.6) is 0 Å². The van der Waals surface area contributed by atoms with Crippen molar-refractivity contribution in [3.05, 3.63) is 65.5 Å². The van der Waals surface area contributed by atoms with Gasteiger partial charge in [0.05, 0.1) is 11.3 Å². The van der Waals surface area contributed by atoms with Crippen LogP contribution in [0, 0.1) is 6.92 Å². The van der Waals surface area contributed by atoms with Crippen molar-refractivity contribution in [2.75, 3.05) is 11.4 Å². The second-order valence-electron chi connectivity index (χ2n) is 6.22. The number of para-hydroxylation sites is 1. The maximum atomic E-state index is 12.1. The molecule has 0 saturated heterocycles. The number of nitrogens with zero attached hydrogens (tertiary/aromatic N) is 3. The Hall–Kier alpha value is -3.81. The van der Waals surface area contributed by atoms with Crippen molar-refractivity contribution in [2.45, 2.75) is 13.5 Å². The third-order valence-electron chi connectivity index (χ3n) is 4.38. The van der Waals surface area contributed by atoms with Crippen LogP contribution < -0.4 is 4.90 Å². The summed E-state index contributed by atoms with van der Waals surface area (Å²) in [6, 6.07) is 14.1. The van der Waals surface area contributed by atoms with E-state index in [1.54, 1.807) is 24.3 Å². The lowest BCUT2D eigenvalue weighted by atomic mass is 10.1. The van der Waals surface area contributed by atoms with Gasteiger partial charge in [0.25, 0.3) is 17.6 Å². The highest BCUT2D eigenvalue weighted by molar-refractivity contribution is 6.52. The van der Waals surface area contributed by atoms with Crippen molar-refractivity contribution in [1.82, 2.24) is 10.1 Å². The monoisotopic (exact) mass is 377 g/mol. The topological polar surface area (TPSA) is 103 Å². The van der Waals surface area contributed by atoms with Gasteiger partial charge >= 0.3 is 5.97 Å². The van der Waals surface area contributed by atoms with Gasteiger partial charge in [0, 0.05) is 5.56 Å². The number of hydrogen-bond donors (Lipinski definition) is 0. The van der Waals surface area contributed by atoms with Gasteiger partial charge in [-0.15, -0.1) is 0 Å². The lowest BCUT2D eigenvalue weighted by Crippen LogP contribution is -2.35. The quantitative estimate of drug-likeness (QED) is 0.496. The molecule has 2 heterocycles. The fourth-order valence-corrected chi connectivity index (χ4v) is 2.97. The number of anilines is 1. The third-order valence-corrected chi connectivity index (χ3v) is 4.38. The molecule has 28 heavy (non-hydrogen) atoms. The van der Waals surface area contributed by atoms with E-state index in [9.17, 15) is 14.4 Å². The number of aryl methyl sites for hydroxylation is 1. The molecule has 140 valence electrons. The summed E-state index contributed by atoms with van der Waals surface area (Å²) in [5.74, 6) is -1.54.